The number of halogens is 14. The second-order valence-corrected chi connectivity index (χ2v) is 22.5. The number of rotatable bonds is 14. The first-order valence-electron chi connectivity index (χ1n) is 25.0. The summed E-state index contributed by atoms with van der Waals surface area (Å²) in [4.78, 5) is 91.7. The van der Waals surface area contributed by atoms with Crippen molar-refractivity contribution in [1.29, 1.82) is 5.41 Å². The molecule has 1 amide bonds. The van der Waals surface area contributed by atoms with Gasteiger partial charge in [0.1, 0.15) is 40.6 Å². The Morgan fingerprint density at radius 2 is 0.967 bits per heavy atom. The maximum absolute atomic E-state index is 13.7. The molecule has 0 aliphatic carbocycles. The van der Waals surface area contributed by atoms with Gasteiger partial charge in [-0.05, 0) is 137 Å². The molecule has 92 heavy (non-hydrogen) atoms. The summed E-state index contributed by atoms with van der Waals surface area (Å²) in [6.07, 6.45) is 1.40. The minimum atomic E-state index is -1.25. The topological polar surface area (TPSA) is 270 Å². The Balaban J connectivity index is -0.00000100. The van der Waals surface area contributed by atoms with Crippen molar-refractivity contribution < 1.29 is 84.2 Å². The number of carboxylic acids is 1. The molecule has 6 aromatic carbocycles. The number of carbonyl (C=O) groups excluding carboxylic acids is 6. The molecular formula is C60H62Br7ClF6N6O12. The number of ether oxygens (including phenoxy) is 2. The lowest BCUT2D eigenvalue weighted by Crippen LogP contribution is -2.26. The number of benzene rings is 6. The van der Waals surface area contributed by atoms with Crippen LogP contribution in [-0.2, 0) is 23.9 Å². The minimum absolute atomic E-state index is 0. The smallest absolute Gasteiger partial charge is 0.374 e. The number of Topliss-reactive ketones (excluding diaryl/α,β-unsaturated/α-hetero) is 3. The number of aromatic nitrogens is 2. The van der Waals surface area contributed by atoms with Gasteiger partial charge in [-0.15, -0.1) is 12.4 Å². The molecule has 6 N–H and O–H groups in total. The Morgan fingerprint density at radius 1 is 0.609 bits per heavy atom. The van der Waals surface area contributed by atoms with Crippen molar-refractivity contribution in [3.8, 4) is 11.3 Å². The van der Waals surface area contributed by atoms with E-state index in [1.165, 1.54) is 101 Å². The third kappa shape index (κ3) is 34.4. The van der Waals surface area contributed by atoms with Gasteiger partial charge in [-0.3, -0.25) is 29.4 Å². The van der Waals surface area contributed by atoms with E-state index in [0.717, 1.165) is 11.1 Å². The number of amides is 1. The third-order valence-electron chi connectivity index (χ3n) is 10.0. The highest BCUT2D eigenvalue weighted by Crippen LogP contribution is 2.25. The van der Waals surface area contributed by atoms with Crippen molar-refractivity contribution in [1.82, 2.24) is 20.5 Å². The van der Waals surface area contributed by atoms with Crippen molar-refractivity contribution in [3.05, 3.63) is 211 Å². The molecule has 32 heteroatoms. The van der Waals surface area contributed by atoms with Crippen LogP contribution in [0.4, 0.5) is 26.3 Å². The molecule has 18 nitrogen and oxygen atoms in total. The van der Waals surface area contributed by atoms with Crippen molar-refractivity contribution in [2.24, 2.45) is 5.73 Å². The fraction of sp³-hybridized carbons (Fsp3) is 0.217. The van der Waals surface area contributed by atoms with Gasteiger partial charge in [-0.1, -0.05) is 119 Å². The number of carbonyl (C=O) groups is 7. The average Bonchev–Trinajstić information content (AvgIpc) is 1.72. The third-order valence-corrected chi connectivity index (χ3v) is 13.5. The second kappa shape index (κ2) is 48.8. The molecule has 0 aliphatic rings. The average molecular weight is 1770 g/mol. The first kappa shape index (κ1) is 90.4. The van der Waals surface area contributed by atoms with Gasteiger partial charge >= 0.3 is 17.9 Å². The molecule has 0 saturated carbocycles. The summed E-state index contributed by atoms with van der Waals surface area (Å²) in [5.74, 6) is -6.91. The number of ketones is 3. The molecule has 0 atom stereocenters. The molecule has 7 rings (SSSR count). The van der Waals surface area contributed by atoms with Crippen LogP contribution in [0.1, 0.15) is 97.5 Å². The number of esters is 2. The van der Waals surface area contributed by atoms with Gasteiger partial charge < -0.3 is 30.1 Å². The standard InChI is InChI=1S/C12H10BrFN2O2.C9H9BrFNO2.C8H5Br2FO.C8H7BrFNO.C8H6BrFO.C7H4BrFO2.C5H9NO2.C2H7NO.CH4.ClH/c1-2-18-12(17)11-15-6-10(16-11)8-4-3-7(13)5-9(8)14;1-12(14-2)9(13)7-4-3-6(10)5-8(7)11;9-4-8(12)6-2-1-5(10)3-7(6)11;9-5-1-2-6(7(10)3-5)8(12)4-11;1-5(11)7-3-2-6(9)4-8(7)10;8-4-1-2-5(7(10)11)6(9)3-4;1-3-8-5(7)4(2)6;1-3-4-2;;/h3-6H,2H2,1H3,(H,15,16);3-5H,1-2H3;1-3H,4H2;1-3H,4,11H2;2-4H,1H3;1-3H,(H,10,11);6H,3H2,1-2H3;3H,1-2H3;1H4;1H. The van der Waals surface area contributed by atoms with E-state index in [0.29, 0.717) is 44.7 Å². The zero-order valence-corrected chi connectivity index (χ0v) is 60.9. The van der Waals surface area contributed by atoms with Gasteiger partial charge in [-0.2, -0.15) is 0 Å². The van der Waals surface area contributed by atoms with Crippen LogP contribution in [0.5, 0.6) is 0 Å². The Morgan fingerprint density at radius 3 is 1.27 bits per heavy atom. The van der Waals surface area contributed by atoms with E-state index in [4.69, 9.17) is 21.0 Å². The molecular weight excluding hydrogens is 1710 g/mol. The number of aromatic carboxylic acids is 1. The van der Waals surface area contributed by atoms with Crippen molar-refractivity contribution >= 4 is 171 Å². The SMILES string of the molecule is C.CC(=O)c1ccc(Br)cc1F.CCOC(=O)C(C)=N.CCOC(=O)c1ncc(-c2ccc(Br)cc2F)[nH]1.CNOC.CON(C)C(=O)c1ccc(Br)cc1F.Cl.NCC(=O)c1ccc(Br)cc1F.O=C(CBr)c1ccc(Br)cc1F.O=C(O)c1ccc(Br)cc1F. The van der Waals surface area contributed by atoms with Gasteiger partial charge in [0.05, 0.1) is 79.0 Å². The lowest BCUT2D eigenvalue weighted by Gasteiger charge is -2.13. The Kier molecular flexibility index (Phi) is 47.9. The van der Waals surface area contributed by atoms with E-state index in [2.05, 4.69) is 141 Å². The number of nitrogens with one attached hydrogen (secondary N) is 3. The van der Waals surface area contributed by atoms with Crippen LogP contribution in [0.2, 0.25) is 0 Å². The maximum Gasteiger partial charge on any atom is 0.374 e. The van der Waals surface area contributed by atoms with E-state index >= 15 is 0 Å². The summed E-state index contributed by atoms with van der Waals surface area (Å²) in [5.41, 5.74) is 8.21. The van der Waals surface area contributed by atoms with Crippen molar-refractivity contribution in [2.45, 2.75) is 35.1 Å². The van der Waals surface area contributed by atoms with Crippen LogP contribution in [-0.4, -0.2) is 120 Å². The van der Waals surface area contributed by atoms with Gasteiger partial charge in [0, 0.05) is 46.5 Å². The summed E-state index contributed by atoms with van der Waals surface area (Å²) in [5, 5.41) is 16.2. The highest BCUT2D eigenvalue weighted by molar-refractivity contribution is 9.11. The molecule has 0 saturated heterocycles. The Labute approximate surface area is 592 Å². The normalized spacial score (nSPS) is 9.50. The number of aromatic amines is 1. The minimum Gasteiger partial charge on any atom is -0.478 e. The molecule has 7 aromatic rings. The number of imidazole rings is 1. The number of nitrogens with two attached hydrogens (primary N) is 1. The molecule has 0 spiro atoms. The van der Waals surface area contributed by atoms with E-state index in [9.17, 15) is 59.9 Å². The van der Waals surface area contributed by atoms with E-state index in [1.54, 1.807) is 64.4 Å². The van der Waals surface area contributed by atoms with Crippen LogP contribution < -0.4 is 11.2 Å². The van der Waals surface area contributed by atoms with Gasteiger partial charge in [0.2, 0.25) is 5.82 Å². The predicted molar refractivity (Wildman–Crippen MR) is 366 cm³/mol. The zero-order valence-electron chi connectivity index (χ0n) is 49.0. The number of nitrogens with zero attached hydrogens (tertiary/aromatic N) is 2. The highest BCUT2D eigenvalue weighted by Gasteiger charge is 2.17. The fourth-order valence-corrected chi connectivity index (χ4v) is 7.98. The molecule has 1 aromatic heterocycles. The monoisotopic (exact) mass is 1760 g/mol. The van der Waals surface area contributed by atoms with Crippen molar-refractivity contribution in [2.75, 3.05) is 53.4 Å². The first-order chi connectivity index (χ1) is 42.3. The first-order valence-corrected chi connectivity index (χ1v) is 30.9. The molecule has 502 valence electrons. The highest BCUT2D eigenvalue weighted by atomic mass is 79.9. The summed E-state index contributed by atoms with van der Waals surface area (Å²) in [6, 6.07) is 25.7. The van der Waals surface area contributed by atoms with Crippen LogP contribution in [0, 0.1) is 40.3 Å². The summed E-state index contributed by atoms with van der Waals surface area (Å²) >= 11 is 21.6. The number of alkyl halides is 1. The molecule has 0 bridgehead atoms. The molecule has 0 radical (unpaired) electrons. The fourth-order valence-electron chi connectivity index (χ4n) is 5.68. The van der Waals surface area contributed by atoms with E-state index in [-0.39, 0.29) is 95.0 Å². The Bertz CT molecular complexity index is 3440. The predicted octanol–water partition coefficient (Wildman–Crippen LogP) is 16.8. The lowest BCUT2D eigenvalue weighted by atomic mass is 10.1. The number of H-pyrrole nitrogens is 1. The molecule has 0 fully saturated rings. The largest absolute Gasteiger partial charge is 0.478 e. The number of hydrogen-bond acceptors (Lipinski definition) is 15. The summed E-state index contributed by atoms with van der Waals surface area (Å²) in [6.45, 7) is 6.59. The van der Waals surface area contributed by atoms with Crippen molar-refractivity contribution in [3.63, 3.8) is 0 Å². The quantitative estimate of drug-likeness (QED) is 0.0169. The van der Waals surface area contributed by atoms with Crippen LogP contribution in [0.25, 0.3) is 11.3 Å². The van der Waals surface area contributed by atoms with Crippen LogP contribution in [0.15, 0.2) is 142 Å². The van der Waals surface area contributed by atoms with Gasteiger partial charge in [-0.25, -0.2) is 56.3 Å². The van der Waals surface area contributed by atoms with Crippen LogP contribution >= 0.6 is 124 Å². The molecule has 1 heterocycles. The molecule has 0 aliphatic heterocycles. The zero-order chi connectivity index (χ0) is 69.0. The van der Waals surface area contributed by atoms with Crippen LogP contribution in [0.3, 0.4) is 0 Å². The van der Waals surface area contributed by atoms with E-state index < -0.39 is 58.7 Å². The van der Waals surface area contributed by atoms with Gasteiger partial charge in [0.15, 0.2) is 17.3 Å². The number of carboxylic acid groups (broad SMARTS) is 1. The summed E-state index contributed by atoms with van der Waals surface area (Å²) < 4.78 is 91.4. The lowest BCUT2D eigenvalue weighted by molar-refractivity contribution is -0.135. The Hall–Kier alpha value is -5.84. The number of hydroxylamine groups is 3. The number of hydrogen-bond donors (Lipinski definition) is 5. The summed E-state index contributed by atoms with van der Waals surface area (Å²) in [7, 11) is 6.04. The van der Waals surface area contributed by atoms with E-state index in [1.807, 2.05) is 0 Å². The maximum atomic E-state index is 13.7. The molecule has 0 unspecified atom stereocenters. The van der Waals surface area contributed by atoms with Gasteiger partial charge in [0.25, 0.3) is 5.91 Å². The second-order valence-electron chi connectivity index (χ2n) is 16.4.